The molecule has 1 heterocycles. The number of nitrogens with two attached hydrogens (primary N) is 1. The van der Waals surface area contributed by atoms with Crippen LogP contribution in [0.1, 0.15) is 32.1 Å². The Kier molecular flexibility index (Phi) is 8.85. The van der Waals surface area contributed by atoms with E-state index >= 15 is 0 Å². The third-order valence-electron chi connectivity index (χ3n) is 4.91. The summed E-state index contributed by atoms with van der Waals surface area (Å²) in [7, 11) is 0. The first kappa shape index (κ1) is 21.6. The van der Waals surface area contributed by atoms with Crippen LogP contribution in [0.4, 0.5) is 5.69 Å². The molecular weight excluding hydrogens is 413 g/mol. The van der Waals surface area contributed by atoms with Crippen molar-refractivity contribution in [1.82, 2.24) is 5.32 Å². The minimum absolute atomic E-state index is 0. The van der Waals surface area contributed by atoms with Gasteiger partial charge in [0.15, 0.2) is 0 Å². The molecule has 136 valence electrons. The molecule has 1 aromatic rings. The van der Waals surface area contributed by atoms with E-state index < -0.39 is 0 Å². The molecule has 7 heteroatoms. The Hall–Kier alpha value is -0.490. The average molecular weight is 439 g/mol. The van der Waals surface area contributed by atoms with Gasteiger partial charge in [-0.3, -0.25) is 4.79 Å². The third-order valence-corrected chi connectivity index (χ3v) is 5.58. The minimum atomic E-state index is 0. The number of anilines is 1. The molecule has 0 radical (unpaired) electrons. The molecule has 1 unspecified atom stereocenters. The van der Waals surface area contributed by atoms with Crippen LogP contribution < -0.4 is 16.0 Å². The second kappa shape index (κ2) is 9.85. The van der Waals surface area contributed by atoms with Crippen LogP contribution >= 0.6 is 40.7 Å². The Morgan fingerprint density at radius 1 is 1.25 bits per heavy atom. The summed E-state index contributed by atoms with van der Waals surface area (Å²) in [6.45, 7) is 1.86. The largest absolute Gasteiger partial charge is 0.368 e. The summed E-state index contributed by atoms with van der Waals surface area (Å²) in [5, 5.41) is 3.19. The maximum Gasteiger partial charge on any atom is 0.220 e. The molecule has 3 rings (SSSR count). The van der Waals surface area contributed by atoms with Gasteiger partial charge in [-0.15, -0.1) is 24.8 Å². The van der Waals surface area contributed by atoms with Crippen LogP contribution in [-0.2, 0) is 4.79 Å². The van der Waals surface area contributed by atoms with E-state index in [1.54, 1.807) is 0 Å². The number of nitrogens with zero attached hydrogens (tertiary/aromatic N) is 1. The van der Waals surface area contributed by atoms with Crippen LogP contribution in [0.25, 0.3) is 0 Å². The van der Waals surface area contributed by atoms with Crippen molar-refractivity contribution in [3.05, 3.63) is 28.7 Å². The highest BCUT2D eigenvalue weighted by Gasteiger charge is 2.29. The standard InChI is InChI=1S/C17H24BrN3O.2ClH/c18-14-5-1-2-7-16(14)21-9-8-13(11-21)20-17(22)10-12-4-3-6-15(12)19;;/h1-2,5,7,12-13,15H,3-4,6,8-11,19H2,(H,20,22);2*1H/t12-,13?,15+;;/m0../s1. The zero-order chi connectivity index (χ0) is 15.5. The molecule has 1 amide bonds. The van der Waals surface area contributed by atoms with Gasteiger partial charge in [-0.25, -0.2) is 0 Å². The molecule has 0 aromatic heterocycles. The van der Waals surface area contributed by atoms with E-state index in [0.717, 1.165) is 36.8 Å². The Bertz CT molecular complexity index is 546. The lowest BCUT2D eigenvalue weighted by atomic mass is 9.99. The van der Waals surface area contributed by atoms with Crippen molar-refractivity contribution in [3.8, 4) is 0 Å². The predicted octanol–water partition coefficient (Wildman–Crippen LogP) is 3.51. The smallest absolute Gasteiger partial charge is 0.220 e. The summed E-state index contributed by atoms with van der Waals surface area (Å²) in [6, 6.07) is 8.71. The normalized spacial score (nSPS) is 25.8. The minimum Gasteiger partial charge on any atom is -0.368 e. The first-order chi connectivity index (χ1) is 10.6. The van der Waals surface area contributed by atoms with Gasteiger partial charge in [-0.1, -0.05) is 18.6 Å². The number of carbonyl (C=O) groups excluding carboxylic acids is 1. The highest BCUT2D eigenvalue weighted by molar-refractivity contribution is 9.10. The van der Waals surface area contributed by atoms with E-state index in [9.17, 15) is 4.79 Å². The number of hydrogen-bond acceptors (Lipinski definition) is 3. The van der Waals surface area contributed by atoms with E-state index in [0.29, 0.717) is 12.3 Å². The summed E-state index contributed by atoms with van der Waals surface area (Å²) in [5.74, 6) is 0.544. The van der Waals surface area contributed by atoms with Crippen molar-refractivity contribution in [2.24, 2.45) is 11.7 Å². The van der Waals surface area contributed by atoms with Gasteiger partial charge >= 0.3 is 0 Å². The average Bonchev–Trinajstić information content (AvgIpc) is 3.10. The third kappa shape index (κ3) is 5.25. The molecule has 1 aliphatic heterocycles. The Morgan fingerprint density at radius 2 is 2.00 bits per heavy atom. The van der Waals surface area contributed by atoms with Crippen LogP contribution in [0.2, 0.25) is 0 Å². The SMILES string of the molecule is Cl.Cl.N[C@@H]1CCC[C@H]1CC(=O)NC1CCN(c2ccccc2Br)C1. The molecule has 3 N–H and O–H groups in total. The molecular formula is C17H26BrCl2N3O. The highest BCUT2D eigenvalue weighted by atomic mass is 79.9. The van der Waals surface area contributed by atoms with Gasteiger partial charge in [0.2, 0.25) is 5.91 Å². The van der Waals surface area contributed by atoms with Gasteiger partial charge < -0.3 is 16.0 Å². The Labute approximate surface area is 164 Å². The first-order valence-corrected chi connectivity index (χ1v) is 8.97. The van der Waals surface area contributed by atoms with E-state index in [-0.39, 0.29) is 42.8 Å². The number of amides is 1. The zero-order valence-electron chi connectivity index (χ0n) is 13.6. The summed E-state index contributed by atoms with van der Waals surface area (Å²) >= 11 is 3.60. The molecule has 0 spiro atoms. The number of hydrogen-bond donors (Lipinski definition) is 2. The molecule has 24 heavy (non-hydrogen) atoms. The molecule has 3 atom stereocenters. The Balaban J connectivity index is 0.00000144. The van der Waals surface area contributed by atoms with E-state index in [1.165, 1.54) is 12.1 Å². The van der Waals surface area contributed by atoms with Crippen LogP contribution in [0.15, 0.2) is 28.7 Å². The number of nitrogens with one attached hydrogen (secondary N) is 1. The van der Waals surface area contributed by atoms with Crippen LogP contribution in [0.3, 0.4) is 0 Å². The van der Waals surface area contributed by atoms with Crippen LogP contribution in [0.5, 0.6) is 0 Å². The molecule has 4 nitrogen and oxygen atoms in total. The van der Waals surface area contributed by atoms with Crippen molar-refractivity contribution in [2.45, 2.75) is 44.2 Å². The molecule has 0 bridgehead atoms. The summed E-state index contributed by atoms with van der Waals surface area (Å²) < 4.78 is 1.11. The fourth-order valence-corrected chi connectivity index (χ4v) is 4.18. The number of carbonyl (C=O) groups is 1. The molecule has 1 saturated heterocycles. The maximum absolute atomic E-state index is 12.2. The Morgan fingerprint density at radius 3 is 2.67 bits per heavy atom. The fraction of sp³-hybridized carbons (Fsp3) is 0.588. The van der Waals surface area contributed by atoms with Gasteiger partial charge in [-0.05, 0) is 53.2 Å². The number of para-hydroxylation sites is 1. The fourth-order valence-electron chi connectivity index (χ4n) is 3.65. The van der Waals surface area contributed by atoms with Crippen molar-refractivity contribution >= 4 is 52.3 Å². The summed E-state index contributed by atoms with van der Waals surface area (Å²) in [6.07, 6.45) is 4.92. The topological polar surface area (TPSA) is 58.4 Å². The second-order valence-electron chi connectivity index (χ2n) is 6.51. The van der Waals surface area contributed by atoms with Gasteiger partial charge in [0.05, 0.1) is 5.69 Å². The van der Waals surface area contributed by atoms with Crippen LogP contribution in [-0.4, -0.2) is 31.1 Å². The molecule has 1 saturated carbocycles. The lowest BCUT2D eigenvalue weighted by molar-refractivity contribution is -0.122. The predicted molar refractivity (Wildman–Crippen MR) is 107 cm³/mol. The van der Waals surface area contributed by atoms with E-state index in [1.807, 2.05) is 12.1 Å². The van der Waals surface area contributed by atoms with E-state index in [4.69, 9.17) is 5.73 Å². The van der Waals surface area contributed by atoms with Crippen molar-refractivity contribution in [3.63, 3.8) is 0 Å². The van der Waals surface area contributed by atoms with Gasteiger partial charge in [0.1, 0.15) is 0 Å². The van der Waals surface area contributed by atoms with E-state index in [2.05, 4.69) is 38.3 Å². The summed E-state index contributed by atoms with van der Waals surface area (Å²) in [5.41, 5.74) is 7.26. The number of halogens is 3. The molecule has 2 fully saturated rings. The van der Waals surface area contributed by atoms with Crippen LogP contribution in [0, 0.1) is 5.92 Å². The number of rotatable bonds is 4. The quantitative estimate of drug-likeness (QED) is 0.756. The van der Waals surface area contributed by atoms with Crippen molar-refractivity contribution < 1.29 is 4.79 Å². The molecule has 1 aliphatic carbocycles. The zero-order valence-corrected chi connectivity index (χ0v) is 16.8. The van der Waals surface area contributed by atoms with Gasteiger partial charge in [-0.2, -0.15) is 0 Å². The lowest BCUT2D eigenvalue weighted by Crippen LogP contribution is -2.39. The number of benzene rings is 1. The first-order valence-electron chi connectivity index (χ1n) is 8.18. The van der Waals surface area contributed by atoms with Crippen molar-refractivity contribution in [2.75, 3.05) is 18.0 Å². The molecule has 2 aliphatic rings. The van der Waals surface area contributed by atoms with Crippen molar-refractivity contribution in [1.29, 1.82) is 0 Å². The maximum atomic E-state index is 12.2. The lowest BCUT2D eigenvalue weighted by Gasteiger charge is -2.21. The second-order valence-corrected chi connectivity index (χ2v) is 7.36. The summed E-state index contributed by atoms with van der Waals surface area (Å²) in [4.78, 5) is 14.5. The van der Waals surface area contributed by atoms with Gasteiger partial charge in [0.25, 0.3) is 0 Å². The highest BCUT2D eigenvalue weighted by Crippen LogP contribution is 2.29. The van der Waals surface area contributed by atoms with Gasteiger partial charge in [0, 0.05) is 36.1 Å². The molecule has 1 aromatic carbocycles. The monoisotopic (exact) mass is 437 g/mol.